The zero-order valence-electron chi connectivity index (χ0n) is 12.5. The summed E-state index contributed by atoms with van der Waals surface area (Å²) in [7, 11) is 0. The second-order valence-electron chi connectivity index (χ2n) is 5.21. The van der Waals surface area contributed by atoms with Crippen LogP contribution < -0.4 is 5.32 Å². The maximum atomic E-state index is 12.0. The van der Waals surface area contributed by atoms with Gasteiger partial charge in [0.2, 0.25) is 5.91 Å². The Bertz CT molecular complexity index is 780. The van der Waals surface area contributed by atoms with Gasteiger partial charge in [-0.25, -0.2) is 0 Å². The zero-order chi connectivity index (χ0) is 15.4. The van der Waals surface area contributed by atoms with Gasteiger partial charge in [0, 0.05) is 30.7 Å². The lowest BCUT2D eigenvalue weighted by Gasteiger charge is -2.06. The Morgan fingerprint density at radius 3 is 2.91 bits per heavy atom. The minimum absolute atomic E-state index is 0.0149. The van der Waals surface area contributed by atoms with Crippen LogP contribution in [0.5, 0.6) is 0 Å². The van der Waals surface area contributed by atoms with Crippen LogP contribution in [0.2, 0.25) is 0 Å². The van der Waals surface area contributed by atoms with Gasteiger partial charge in [0.25, 0.3) is 0 Å². The smallest absolute Gasteiger partial charge is 0.222 e. The highest BCUT2D eigenvalue weighted by Gasteiger charge is 2.08. The number of hydrogen-bond acceptors (Lipinski definition) is 3. The summed E-state index contributed by atoms with van der Waals surface area (Å²) in [4.78, 5) is 16.0. The minimum Gasteiger partial charge on any atom is -0.352 e. The number of fused-ring (bicyclic) bond motifs is 1. The number of carbonyl (C=O) groups excluding carboxylic acids is 1. The summed E-state index contributed by atoms with van der Waals surface area (Å²) in [5, 5.41) is 8.55. The number of carbonyl (C=O) groups is 1. The molecule has 0 saturated heterocycles. The standard InChI is InChI=1S/C17H18N4O/c1-13-15-6-2-3-7-16(15)21(20-13)10-8-17(22)19-12-14-5-4-9-18-11-14/h2-7,9,11H,8,10,12H2,1H3,(H,19,22). The highest BCUT2D eigenvalue weighted by atomic mass is 16.1. The van der Waals surface area contributed by atoms with Gasteiger partial charge in [-0.15, -0.1) is 0 Å². The van der Waals surface area contributed by atoms with Crippen molar-refractivity contribution >= 4 is 16.8 Å². The van der Waals surface area contributed by atoms with Gasteiger partial charge in [-0.1, -0.05) is 24.3 Å². The molecule has 0 unspecified atom stereocenters. The van der Waals surface area contributed by atoms with E-state index in [1.165, 1.54) is 0 Å². The maximum Gasteiger partial charge on any atom is 0.222 e. The van der Waals surface area contributed by atoms with Crippen molar-refractivity contribution in [3.8, 4) is 0 Å². The topological polar surface area (TPSA) is 59.8 Å². The largest absolute Gasteiger partial charge is 0.352 e. The Balaban J connectivity index is 1.58. The van der Waals surface area contributed by atoms with E-state index in [9.17, 15) is 4.79 Å². The number of nitrogens with zero attached hydrogens (tertiary/aromatic N) is 3. The van der Waals surface area contributed by atoms with Crippen molar-refractivity contribution in [3.05, 3.63) is 60.0 Å². The summed E-state index contributed by atoms with van der Waals surface area (Å²) < 4.78 is 1.90. The van der Waals surface area contributed by atoms with E-state index in [-0.39, 0.29) is 5.91 Å². The molecule has 1 amide bonds. The number of aromatic nitrogens is 3. The summed E-state index contributed by atoms with van der Waals surface area (Å²) in [6, 6.07) is 11.9. The van der Waals surface area contributed by atoms with Crippen molar-refractivity contribution in [2.75, 3.05) is 0 Å². The van der Waals surface area contributed by atoms with Crippen molar-refractivity contribution in [1.82, 2.24) is 20.1 Å². The number of aryl methyl sites for hydroxylation is 2. The summed E-state index contributed by atoms with van der Waals surface area (Å²) in [5.41, 5.74) is 3.06. The summed E-state index contributed by atoms with van der Waals surface area (Å²) >= 11 is 0. The van der Waals surface area contributed by atoms with Gasteiger partial charge in [-0.3, -0.25) is 14.5 Å². The first-order chi connectivity index (χ1) is 10.7. The van der Waals surface area contributed by atoms with Gasteiger partial charge in [-0.2, -0.15) is 5.10 Å². The van der Waals surface area contributed by atoms with E-state index in [0.717, 1.165) is 22.2 Å². The normalized spacial score (nSPS) is 10.8. The molecular weight excluding hydrogens is 276 g/mol. The summed E-state index contributed by atoms with van der Waals surface area (Å²) in [6.45, 7) is 3.07. The van der Waals surface area contributed by atoms with Crippen LogP contribution in [-0.4, -0.2) is 20.7 Å². The van der Waals surface area contributed by atoms with Crippen LogP contribution in [0.4, 0.5) is 0 Å². The van der Waals surface area contributed by atoms with Crippen molar-refractivity contribution in [3.63, 3.8) is 0 Å². The molecule has 1 aromatic carbocycles. The van der Waals surface area contributed by atoms with Gasteiger partial charge < -0.3 is 5.32 Å². The maximum absolute atomic E-state index is 12.0. The Morgan fingerprint density at radius 2 is 2.09 bits per heavy atom. The van der Waals surface area contributed by atoms with Crippen LogP contribution in [-0.2, 0) is 17.9 Å². The molecule has 0 bridgehead atoms. The number of para-hydroxylation sites is 1. The van der Waals surface area contributed by atoms with E-state index in [1.807, 2.05) is 41.9 Å². The fraction of sp³-hybridized carbons (Fsp3) is 0.235. The first-order valence-electron chi connectivity index (χ1n) is 7.32. The Kier molecular flexibility index (Phi) is 4.14. The molecular formula is C17H18N4O. The van der Waals surface area contributed by atoms with Gasteiger partial charge in [0.15, 0.2) is 0 Å². The molecule has 0 spiro atoms. The van der Waals surface area contributed by atoms with Crippen LogP contribution in [0.3, 0.4) is 0 Å². The third-order valence-corrected chi connectivity index (χ3v) is 3.61. The van der Waals surface area contributed by atoms with E-state index in [1.54, 1.807) is 12.4 Å². The molecule has 5 nitrogen and oxygen atoms in total. The van der Waals surface area contributed by atoms with Crippen LogP contribution in [0.1, 0.15) is 17.7 Å². The van der Waals surface area contributed by atoms with E-state index in [0.29, 0.717) is 19.5 Å². The quantitative estimate of drug-likeness (QED) is 0.786. The molecule has 2 aromatic heterocycles. The molecule has 0 aliphatic carbocycles. The van der Waals surface area contributed by atoms with Crippen molar-refractivity contribution in [2.24, 2.45) is 0 Å². The predicted molar refractivity (Wildman–Crippen MR) is 85.2 cm³/mol. The van der Waals surface area contributed by atoms with Gasteiger partial charge >= 0.3 is 0 Å². The fourth-order valence-electron chi connectivity index (χ4n) is 2.46. The number of nitrogens with one attached hydrogen (secondary N) is 1. The Hall–Kier alpha value is -2.69. The van der Waals surface area contributed by atoms with E-state index < -0.39 is 0 Å². The molecule has 1 N–H and O–H groups in total. The SMILES string of the molecule is Cc1nn(CCC(=O)NCc2cccnc2)c2ccccc12. The Labute approximate surface area is 129 Å². The number of hydrogen-bond donors (Lipinski definition) is 1. The van der Waals surface area contributed by atoms with Crippen LogP contribution in [0, 0.1) is 6.92 Å². The van der Waals surface area contributed by atoms with E-state index >= 15 is 0 Å². The first-order valence-corrected chi connectivity index (χ1v) is 7.32. The van der Waals surface area contributed by atoms with E-state index in [2.05, 4.69) is 21.5 Å². The molecule has 0 aliphatic rings. The van der Waals surface area contributed by atoms with Crippen LogP contribution >= 0.6 is 0 Å². The van der Waals surface area contributed by atoms with Gasteiger partial charge in [-0.05, 0) is 24.6 Å². The predicted octanol–water partition coefficient (Wildman–Crippen LogP) is 2.45. The second kappa shape index (κ2) is 6.39. The zero-order valence-corrected chi connectivity index (χ0v) is 12.5. The van der Waals surface area contributed by atoms with Gasteiger partial charge in [0.05, 0.1) is 17.8 Å². The lowest BCUT2D eigenvalue weighted by Crippen LogP contribution is -2.24. The molecule has 0 atom stereocenters. The molecule has 0 radical (unpaired) electrons. The third kappa shape index (κ3) is 3.14. The van der Waals surface area contributed by atoms with Crippen molar-refractivity contribution in [1.29, 1.82) is 0 Å². The molecule has 5 heteroatoms. The highest BCUT2D eigenvalue weighted by Crippen LogP contribution is 2.17. The fourth-order valence-corrected chi connectivity index (χ4v) is 2.46. The highest BCUT2D eigenvalue weighted by molar-refractivity contribution is 5.82. The van der Waals surface area contributed by atoms with Crippen molar-refractivity contribution in [2.45, 2.75) is 26.4 Å². The number of rotatable bonds is 5. The summed E-state index contributed by atoms with van der Waals surface area (Å²) in [6.07, 6.45) is 3.88. The molecule has 0 aliphatic heterocycles. The lowest BCUT2D eigenvalue weighted by molar-refractivity contribution is -0.121. The molecule has 3 rings (SSSR count). The number of pyridine rings is 1. The second-order valence-corrected chi connectivity index (χ2v) is 5.21. The van der Waals surface area contributed by atoms with Crippen LogP contribution in [0.15, 0.2) is 48.8 Å². The number of amides is 1. The molecule has 22 heavy (non-hydrogen) atoms. The Morgan fingerprint density at radius 1 is 1.23 bits per heavy atom. The average molecular weight is 294 g/mol. The minimum atomic E-state index is 0.0149. The van der Waals surface area contributed by atoms with Crippen LogP contribution in [0.25, 0.3) is 10.9 Å². The average Bonchev–Trinajstić information content (AvgIpc) is 2.89. The molecule has 0 saturated carbocycles. The molecule has 0 fully saturated rings. The van der Waals surface area contributed by atoms with E-state index in [4.69, 9.17) is 0 Å². The number of benzene rings is 1. The van der Waals surface area contributed by atoms with Gasteiger partial charge in [0.1, 0.15) is 0 Å². The molecule has 3 aromatic rings. The van der Waals surface area contributed by atoms with Crippen molar-refractivity contribution < 1.29 is 4.79 Å². The monoisotopic (exact) mass is 294 g/mol. The summed E-state index contributed by atoms with van der Waals surface area (Å²) in [5.74, 6) is 0.0149. The third-order valence-electron chi connectivity index (χ3n) is 3.61. The molecule has 2 heterocycles. The lowest BCUT2D eigenvalue weighted by atomic mass is 10.2. The first kappa shape index (κ1) is 14.3. The molecule has 112 valence electrons.